The number of carboxylic acid groups (broad SMARTS) is 1. The van der Waals surface area contributed by atoms with Crippen LogP contribution in [-0.2, 0) is 17.8 Å². The molecular weight excluding hydrogens is 330 g/mol. The number of benzene rings is 2. The summed E-state index contributed by atoms with van der Waals surface area (Å²) in [6, 6.07) is 12.4. The van der Waals surface area contributed by atoms with Crippen LogP contribution in [-0.4, -0.2) is 36.2 Å². The second kappa shape index (κ2) is 7.32. The minimum Gasteiger partial charge on any atom is -0.633 e. The molecule has 0 fully saturated rings. The van der Waals surface area contributed by atoms with Gasteiger partial charge in [-0.15, -0.1) is 0 Å². The van der Waals surface area contributed by atoms with Crippen molar-refractivity contribution in [2.75, 3.05) is 20.5 Å². The number of nitrogens with zero attached hydrogens (tertiary/aromatic N) is 1. The normalized spacial score (nSPS) is 19.3. The van der Waals surface area contributed by atoms with E-state index in [1.54, 1.807) is 24.3 Å². The van der Waals surface area contributed by atoms with Crippen LogP contribution < -0.4 is 4.74 Å². The molecule has 3 rings (SSSR count). The van der Waals surface area contributed by atoms with Crippen LogP contribution in [0.25, 0.3) is 5.57 Å². The number of fused-ring (bicyclic) bond motifs is 2. The number of carbonyl (C=O) groups is 1. The zero-order valence-corrected chi connectivity index (χ0v) is 14.1. The van der Waals surface area contributed by atoms with Gasteiger partial charge in [-0.3, -0.25) is 4.79 Å². The topological polar surface area (TPSA) is 69.6 Å². The summed E-state index contributed by atoms with van der Waals surface area (Å²) in [5, 5.41) is 22.0. The van der Waals surface area contributed by atoms with Gasteiger partial charge in [0.25, 0.3) is 0 Å². The molecule has 5 heteroatoms. The molecule has 26 heavy (non-hydrogen) atoms. The summed E-state index contributed by atoms with van der Waals surface area (Å²) in [5.74, 6) is -0.481. The first kappa shape index (κ1) is 11.9. The highest BCUT2D eigenvalue weighted by atomic mass is 16.5. The molecule has 1 aliphatic rings. The van der Waals surface area contributed by atoms with Gasteiger partial charge in [0.1, 0.15) is 12.4 Å². The van der Waals surface area contributed by atoms with Crippen molar-refractivity contribution in [1.29, 1.82) is 0 Å². The summed E-state index contributed by atoms with van der Waals surface area (Å²) in [6.07, 6.45) is 1.31. The molecule has 1 N–H and O–H groups in total. The van der Waals surface area contributed by atoms with E-state index in [-0.39, 0.29) is 19.4 Å². The zero-order chi connectivity index (χ0) is 23.7. The van der Waals surface area contributed by atoms with Crippen molar-refractivity contribution in [2.24, 2.45) is 0 Å². The molecule has 5 nitrogen and oxygen atoms in total. The van der Waals surface area contributed by atoms with E-state index in [1.807, 2.05) is 24.3 Å². The third-order valence-electron chi connectivity index (χ3n) is 4.17. The Morgan fingerprint density at radius 2 is 2.12 bits per heavy atom. The Hall–Kier alpha value is -2.63. The summed E-state index contributed by atoms with van der Waals surface area (Å²) >= 11 is 0. The standard InChI is InChI=1S/C21H23NO4/c1-22(2,25)11-5-8-18-17-7-4-3-6-16(17)14-26-20-10-9-15(12-19(18)20)13-21(23)24/h3-4,6-10,12H,5,11,13-14H2,1-2H3,(H,23,24)/b18-8+/i1D3,2D3. The van der Waals surface area contributed by atoms with Crippen molar-refractivity contribution in [3.05, 3.63) is 76.0 Å². The Labute approximate surface area is 161 Å². The largest absolute Gasteiger partial charge is 0.633 e. The minimum atomic E-state index is -3.26. The van der Waals surface area contributed by atoms with Gasteiger partial charge in [-0.2, -0.15) is 0 Å². The van der Waals surface area contributed by atoms with E-state index in [0.29, 0.717) is 22.4 Å². The van der Waals surface area contributed by atoms with E-state index in [4.69, 9.17) is 18.1 Å². The molecule has 1 heterocycles. The van der Waals surface area contributed by atoms with Crippen molar-refractivity contribution in [2.45, 2.75) is 19.4 Å². The van der Waals surface area contributed by atoms with E-state index in [2.05, 4.69) is 0 Å². The molecule has 0 radical (unpaired) electrons. The Kier molecular flexibility index (Phi) is 3.34. The van der Waals surface area contributed by atoms with Crippen LogP contribution in [0.1, 0.15) is 36.9 Å². The number of hydroxylamine groups is 3. The maximum atomic E-state index is 12.8. The molecule has 1 aliphatic heterocycles. The van der Waals surface area contributed by atoms with E-state index in [9.17, 15) is 10.0 Å². The molecule has 0 spiro atoms. The Balaban J connectivity index is 2.06. The summed E-state index contributed by atoms with van der Waals surface area (Å²) in [7, 11) is 0. The molecule has 2 aromatic rings. The van der Waals surface area contributed by atoms with Crippen molar-refractivity contribution in [3.8, 4) is 5.75 Å². The first-order valence-electron chi connectivity index (χ1n) is 11.2. The predicted octanol–water partition coefficient (Wildman–Crippen LogP) is 3.60. The van der Waals surface area contributed by atoms with Crippen LogP contribution in [0.15, 0.2) is 48.5 Å². The summed E-state index contributed by atoms with van der Waals surface area (Å²) in [5.41, 5.74) is 3.40. The number of hydrogen-bond donors (Lipinski definition) is 1. The lowest BCUT2D eigenvalue weighted by Gasteiger charge is -2.33. The van der Waals surface area contributed by atoms with Gasteiger partial charge in [-0.1, -0.05) is 36.4 Å². The van der Waals surface area contributed by atoms with Gasteiger partial charge in [0.2, 0.25) is 0 Å². The third-order valence-corrected chi connectivity index (χ3v) is 4.17. The van der Waals surface area contributed by atoms with Gasteiger partial charge < -0.3 is 19.7 Å². The zero-order valence-electron chi connectivity index (χ0n) is 20.1. The highest BCUT2D eigenvalue weighted by Crippen LogP contribution is 2.37. The quantitative estimate of drug-likeness (QED) is 0.654. The Bertz CT molecular complexity index is 1030. The first-order chi connectivity index (χ1) is 14.8. The lowest BCUT2D eigenvalue weighted by Crippen LogP contribution is -2.32. The molecular formula is C21H23NO4. The van der Waals surface area contributed by atoms with Crippen molar-refractivity contribution in [3.63, 3.8) is 0 Å². The minimum absolute atomic E-state index is 0.119. The van der Waals surface area contributed by atoms with Gasteiger partial charge in [-0.25, -0.2) is 0 Å². The fourth-order valence-electron chi connectivity index (χ4n) is 3.02. The number of hydrogen-bond acceptors (Lipinski definition) is 3. The van der Waals surface area contributed by atoms with Crippen LogP contribution in [0.2, 0.25) is 0 Å². The smallest absolute Gasteiger partial charge is 0.307 e. The lowest BCUT2D eigenvalue weighted by molar-refractivity contribution is -0.839. The van der Waals surface area contributed by atoms with Gasteiger partial charge in [0, 0.05) is 12.0 Å². The van der Waals surface area contributed by atoms with E-state index >= 15 is 0 Å². The SMILES string of the molecule is [2H]C([2H])([2H])[N+]([O-])(CC/C=C1\c2ccccc2COc2ccc(CC(=O)O)cc21)C([2H])([2H])[2H]. The van der Waals surface area contributed by atoms with Gasteiger partial charge in [0.05, 0.1) is 35.1 Å². The van der Waals surface area contributed by atoms with E-state index in [0.717, 1.165) is 11.1 Å². The summed E-state index contributed by atoms with van der Waals surface area (Å²) in [6.45, 7) is -6.93. The fourth-order valence-corrected chi connectivity index (χ4v) is 3.02. The number of quaternary nitrogens is 1. The number of ether oxygens (including phenoxy) is 1. The highest BCUT2D eigenvalue weighted by Gasteiger charge is 2.20. The average Bonchev–Trinajstić information content (AvgIpc) is 2.83. The molecule has 136 valence electrons. The third kappa shape index (κ3) is 4.31. The maximum Gasteiger partial charge on any atom is 0.307 e. The molecule has 0 bridgehead atoms. The highest BCUT2D eigenvalue weighted by molar-refractivity contribution is 5.85. The molecule has 0 unspecified atom stereocenters. The second-order valence-electron chi connectivity index (χ2n) is 6.22. The Morgan fingerprint density at radius 3 is 2.88 bits per heavy atom. The second-order valence-corrected chi connectivity index (χ2v) is 6.22. The molecule has 0 atom stereocenters. The molecule has 0 aliphatic carbocycles. The van der Waals surface area contributed by atoms with Gasteiger partial charge in [-0.05, 0) is 34.4 Å². The molecule has 2 aromatic carbocycles. The van der Waals surface area contributed by atoms with E-state index in [1.165, 1.54) is 0 Å². The van der Waals surface area contributed by atoms with Gasteiger partial charge in [0.15, 0.2) is 0 Å². The molecule has 0 saturated heterocycles. The average molecular weight is 359 g/mol. The number of rotatable bonds is 5. The first-order valence-corrected chi connectivity index (χ1v) is 8.19. The van der Waals surface area contributed by atoms with Crippen molar-refractivity contribution >= 4 is 11.5 Å². The van der Waals surface area contributed by atoms with Crippen molar-refractivity contribution in [1.82, 2.24) is 0 Å². The summed E-state index contributed by atoms with van der Waals surface area (Å²) in [4.78, 5) is 11.2. The molecule has 0 saturated carbocycles. The Morgan fingerprint density at radius 1 is 1.31 bits per heavy atom. The van der Waals surface area contributed by atoms with Crippen LogP contribution in [0.5, 0.6) is 5.75 Å². The fraction of sp³-hybridized carbons (Fsp3) is 0.286. The van der Waals surface area contributed by atoms with Crippen LogP contribution in [0.3, 0.4) is 0 Å². The predicted molar refractivity (Wildman–Crippen MR) is 101 cm³/mol. The van der Waals surface area contributed by atoms with E-state index < -0.39 is 31.1 Å². The number of carboxylic acids is 1. The van der Waals surface area contributed by atoms with Crippen LogP contribution >= 0.6 is 0 Å². The van der Waals surface area contributed by atoms with Crippen LogP contribution in [0.4, 0.5) is 0 Å². The lowest BCUT2D eigenvalue weighted by atomic mass is 9.92. The van der Waals surface area contributed by atoms with Gasteiger partial charge >= 0.3 is 5.97 Å². The summed E-state index contributed by atoms with van der Waals surface area (Å²) < 4.78 is 48.4. The number of aliphatic carboxylic acids is 1. The van der Waals surface area contributed by atoms with Crippen LogP contribution in [0, 0.1) is 5.21 Å². The van der Waals surface area contributed by atoms with Crippen molar-refractivity contribution < 1.29 is 27.5 Å². The molecule has 0 aromatic heterocycles. The maximum absolute atomic E-state index is 12.8. The molecule has 0 amide bonds. The monoisotopic (exact) mass is 359 g/mol.